The number of hydrogen-bond acceptors (Lipinski definition) is 5. The zero-order valence-corrected chi connectivity index (χ0v) is 13.9. The van der Waals surface area contributed by atoms with E-state index in [4.69, 9.17) is 16.3 Å². The molecule has 124 valence electrons. The second-order valence-corrected chi connectivity index (χ2v) is 6.80. The van der Waals surface area contributed by atoms with Crippen LogP contribution in [0, 0.1) is 0 Å². The van der Waals surface area contributed by atoms with Crippen LogP contribution in [-0.2, 0) is 4.74 Å². The molecule has 0 bridgehead atoms. The van der Waals surface area contributed by atoms with Crippen molar-refractivity contribution in [2.75, 3.05) is 11.9 Å². The number of hydrogen-bond donors (Lipinski definition) is 1. The zero-order chi connectivity index (χ0) is 15.6. The van der Waals surface area contributed by atoms with E-state index in [2.05, 4.69) is 20.3 Å². The average molecular weight is 336 g/mol. The van der Waals surface area contributed by atoms with Gasteiger partial charge in [-0.05, 0) is 43.7 Å². The Morgan fingerprint density at radius 2 is 1.91 bits per heavy atom. The van der Waals surface area contributed by atoms with Crippen LogP contribution >= 0.6 is 11.6 Å². The molecule has 2 fully saturated rings. The lowest BCUT2D eigenvalue weighted by Gasteiger charge is -2.24. The number of anilines is 1. The molecule has 1 saturated carbocycles. The maximum atomic E-state index is 6.17. The first-order valence-corrected chi connectivity index (χ1v) is 8.97. The van der Waals surface area contributed by atoms with Gasteiger partial charge >= 0.3 is 0 Å². The van der Waals surface area contributed by atoms with E-state index in [9.17, 15) is 0 Å². The van der Waals surface area contributed by atoms with Crippen LogP contribution in [0.5, 0.6) is 0 Å². The summed E-state index contributed by atoms with van der Waals surface area (Å²) in [7, 11) is 0. The Morgan fingerprint density at radius 1 is 1.09 bits per heavy atom. The molecule has 1 atom stereocenters. The van der Waals surface area contributed by atoms with Gasteiger partial charge in [-0.3, -0.25) is 4.57 Å². The minimum atomic E-state index is 0.00208. The lowest BCUT2D eigenvalue weighted by Crippen LogP contribution is -2.23. The van der Waals surface area contributed by atoms with Gasteiger partial charge in [-0.15, -0.1) is 0 Å². The molecule has 1 aliphatic heterocycles. The maximum absolute atomic E-state index is 6.17. The normalized spacial score (nSPS) is 23.3. The van der Waals surface area contributed by atoms with Crippen molar-refractivity contribution in [3.63, 3.8) is 0 Å². The highest BCUT2D eigenvalue weighted by atomic mass is 35.5. The van der Waals surface area contributed by atoms with Crippen LogP contribution < -0.4 is 5.32 Å². The molecule has 1 aliphatic carbocycles. The Kier molecular flexibility index (Phi) is 4.35. The summed E-state index contributed by atoms with van der Waals surface area (Å²) in [6.45, 7) is 0.788. The van der Waals surface area contributed by atoms with Crippen LogP contribution in [0.15, 0.2) is 6.33 Å². The molecule has 23 heavy (non-hydrogen) atoms. The third kappa shape index (κ3) is 3.15. The van der Waals surface area contributed by atoms with E-state index in [-0.39, 0.29) is 11.5 Å². The molecule has 0 radical (unpaired) electrons. The quantitative estimate of drug-likeness (QED) is 0.861. The van der Waals surface area contributed by atoms with Gasteiger partial charge in [0, 0.05) is 12.6 Å². The fourth-order valence-electron chi connectivity index (χ4n) is 3.58. The average Bonchev–Trinajstić information content (AvgIpc) is 3.00. The number of fused-ring (bicyclic) bond motifs is 1. The monoisotopic (exact) mass is 335 g/mol. The summed E-state index contributed by atoms with van der Waals surface area (Å²) < 4.78 is 7.85. The molecular formula is C16H22ClN5O. The van der Waals surface area contributed by atoms with Gasteiger partial charge in [0.2, 0.25) is 5.28 Å². The minimum Gasteiger partial charge on any atom is -0.365 e. The standard InChI is InChI=1S/C16H22ClN5O/c17-16-20-14(19-11-6-2-1-3-7-11)13-15(21-16)22(10-18-13)12-8-4-5-9-23-12/h10-12H,1-9H2,(H,19,20,21)/t12-/m1/s1. The number of nitrogens with one attached hydrogen (secondary N) is 1. The van der Waals surface area contributed by atoms with E-state index in [1.165, 1.54) is 32.1 Å². The summed E-state index contributed by atoms with van der Waals surface area (Å²) in [5.74, 6) is 0.751. The summed E-state index contributed by atoms with van der Waals surface area (Å²) >= 11 is 6.17. The SMILES string of the molecule is Clc1nc(NC2CCCCC2)c2ncn([C@H]3CCCCO3)c2n1. The second-order valence-electron chi connectivity index (χ2n) is 6.47. The summed E-state index contributed by atoms with van der Waals surface area (Å²) in [6, 6.07) is 0.453. The van der Waals surface area contributed by atoms with Gasteiger partial charge in [0.25, 0.3) is 0 Å². The number of rotatable bonds is 3. The Balaban J connectivity index is 1.66. The van der Waals surface area contributed by atoms with Crippen molar-refractivity contribution in [3.05, 3.63) is 11.6 Å². The van der Waals surface area contributed by atoms with Crippen molar-refractivity contribution in [3.8, 4) is 0 Å². The van der Waals surface area contributed by atoms with Crippen LogP contribution in [0.2, 0.25) is 5.28 Å². The first-order valence-electron chi connectivity index (χ1n) is 8.59. The predicted molar refractivity (Wildman–Crippen MR) is 89.7 cm³/mol. The van der Waals surface area contributed by atoms with Gasteiger partial charge in [-0.1, -0.05) is 19.3 Å². The summed E-state index contributed by atoms with van der Waals surface area (Å²) in [5.41, 5.74) is 1.55. The highest BCUT2D eigenvalue weighted by Crippen LogP contribution is 2.30. The van der Waals surface area contributed by atoms with Gasteiger partial charge < -0.3 is 10.1 Å². The van der Waals surface area contributed by atoms with Crippen molar-refractivity contribution < 1.29 is 4.74 Å². The third-order valence-electron chi connectivity index (χ3n) is 4.81. The Morgan fingerprint density at radius 3 is 2.70 bits per heavy atom. The number of halogens is 1. The van der Waals surface area contributed by atoms with E-state index in [0.29, 0.717) is 6.04 Å². The summed E-state index contributed by atoms with van der Waals surface area (Å²) in [6.07, 6.45) is 11.3. The van der Waals surface area contributed by atoms with Crippen molar-refractivity contribution in [2.24, 2.45) is 0 Å². The molecule has 0 spiro atoms. The van der Waals surface area contributed by atoms with E-state index in [1.807, 2.05) is 4.57 Å². The van der Waals surface area contributed by atoms with Gasteiger partial charge in [0.15, 0.2) is 17.0 Å². The fraction of sp³-hybridized carbons (Fsp3) is 0.688. The predicted octanol–water partition coefficient (Wildman–Crippen LogP) is 3.92. The Labute approximate surface area is 140 Å². The Hall–Kier alpha value is -1.40. The minimum absolute atomic E-state index is 0.00208. The first-order chi connectivity index (χ1) is 11.3. The molecule has 1 N–H and O–H groups in total. The molecule has 6 nitrogen and oxygen atoms in total. The van der Waals surface area contributed by atoms with Crippen LogP contribution in [-0.4, -0.2) is 32.2 Å². The topological polar surface area (TPSA) is 64.9 Å². The second kappa shape index (κ2) is 6.61. The van der Waals surface area contributed by atoms with Crippen molar-refractivity contribution in [1.29, 1.82) is 0 Å². The molecule has 0 unspecified atom stereocenters. The molecule has 0 aromatic carbocycles. The highest BCUT2D eigenvalue weighted by molar-refractivity contribution is 6.28. The zero-order valence-electron chi connectivity index (χ0n) is 13.2. The van der Waals surface area contributed by atoms with Crippen LogP contribution in [0.3, 0.4) is 0 Å². The molecule has 2 aliphatic rings. The van der Waals surface area contributed by atoms with E-state index in [0.717, 1.165) is 42.9 Å². The van der Waals surface area contributed by atoms with Crippen LogP contribution in [0.1, 0.15) is 57.6 Å². The largest absolute Gasteiger partial charge is 0.365 e. The molecule has 3 heterocycles. The van der Waals surface area contributed by atoms with Crippen molar-refractivity contribution in [1.82, 2.24) is 19.5 Å². The van der Waals surface area contributed by atoms with Gasteiger partial charge in [0.1, 0.15) is 6.23 Å². The number of imidazole rings is 1. The molecule has 1 saturated heterocycles. The number of ether oxygens (including phenoxy) is 1. The fourth-order valence-corrected chi connectivity index (χ4v) is 3.75. The van der Waals surface area contributed by atoms with E-state index >= 15 is 0 Å². The molecule has 2 aromatic heterocycles. The van der Waals surface area contributed by atoms with Gasteiger partial charge in [-0.2, -0.15) is 9.97 Å². The molecule has 0 amide bonds. The Bertz CT molecular complexity index is 676. The molecular weight excluding hydrogens is 314 g/mol. The van der Waals surface area contributed by atoms with Crippen molar-refractivity contribution in [2.45, 2.75) is 63.6 Å². The van der Waals surface area contributed by atoms with E-state index in [1.54, 1.807) is 6.33 Å². The lowest BCUT2D eigenvalue weighted by molar-refractivity contribution is -0.0298. The number of nitrogens with zero attached hydrogens (tertiary/aromatic N) is 4. The van der Waals surface area contributed by atoms with Crippen molar-refractivity contribution >= 4 is 28.6 Å². The molecule has 7 heteroatoms. The molecule has 4 rings (SSSR count). The lowest BCUT2D eigenvalue weighted by atomic mass is 9.95. The summed E-state index contributed by atoms with van der Waals surface area (Å²) in [4.78, 5) is 13.3. The van der Waals surface area contributed by atoms with E-state index < -0.39 is 0 Å². The first kappa shape index (κ1) is 15.1. The summed E-state index contributed by atoms with van der Waals surface area (Å²) in [5, 5.41) is 3.79. The van der Waals surface area contributed by atoms with Gasteiger partial charge in [0.05, 0.1) is 6.33 Å². The maximum Gasteiger partial charge on any atom is 0.226 e. The number of aromatic nitrogens is 4. The van der Waals surface area contributed by atoms with Gasteiger partial charge in [-0.25, -0.2) is 4.98 Å². The third-order valence-corrected chi connectivity index (χ3v) is 4.98. The molecule has 2 aromatic rings. The highest BCUT2D eigenvalue weighted by Gasteiger charge is 2.22. The smallest absolute Gasteiger partial charge is 0.226 e. The van der Waals surface area contributed by atoms with Crippen LogP contribution in [0.4, 0.5) is 5.82 Å². The van der Waals surface area contributed by atoms with Crippen LogP contribution in [0.25, 0.3) is 11.2 Å².